The van der Waals surface area contributed by atoms with Gasteiger partial charge < -0.3 is 9.64 Å². The van der Waals surface area contributed by atoms with Crippen molar-refractivity contribution in [1.29, 1.82) is 0 Å². The molecule has 0 radical (unpaired) electrons. The van der Waals surface area contributed by atoms with Crippen LogP contribution in [0, 0.1) is 0 Å². The lowest BCUT2D eigenvalue weighted by Gasteiger charge is -2.15. The maximum absolute atomic E-state index is 12.4. The molecule has 0 bridgehead atoms. The summed E-state index contributed by atoms with van der Waals surface area (Å²) in [5.41, 5.74) is 2.13. The summed E-state index contributed by atoms with van der Waals surface area (Å²) >= 11 is 0. The van der Waals surface area contributed by atoms with Gasteiger partial charge in [-0.25, -0.2) is 4.79 Å². The Labute approximate surface area is 184 Å². The molecule has 0 unspecified atom stereocenters. The Balaban J connectivity index is 1.30. The van der Waals surface area contributed by atoms with Gasteiger partial charge in [0.2, 0.25) is 17.7 Å². The molecule has 0 aliphatic carbocycles. The van der Waals surface area contributed by atoms with Crippen LogP contribution in [0.3, 0.4) is 0 Å². The van der Waals surface area contributed by atoms with Gasteiger partial charge in [0.1, 0.15) is 0 Å². The molecule has 3 amide bonds. The van der Waals surface area contributed by atoms with E-state index in [2.05, 4.69) is 0 Å². The first kappa shape index (κ1) is 21.4. The minimum atomic E-state index is -0.641. The average Bonchev–Trinajstić information content (AvgIpc) is 3.38. The second-order valence-electron chi connectivity index (χ2n) is 7.77. The molecule has 2 fully saturated rings. The summed E-state index contributed by atoms with van der Waals surface area (Å²) in [6.45, 7) is 0.442. The quantitative estimate of drug-likeness (QED) is 0.377. The number of rotatable bonds is 7. The highest BCUT2D eigenvalue weighted by Crippen LogP contribution is 2.22. The summed E-state index contributed by atoms with van der Waals surface area (Å²) in [7, 11) is 0. The zero-order valence-electron chi connectivity index (χ0n) is 17.4. The van der Waals surface area contributed by atoms with E-state index in [1.54, 1.807) is 41.3 Å². The first-order valence-electron chi connectivity index (χ1n) is 10.5. The highest BCUT2D eigenvalue weighted by Gasteiger charge is 2.28. The van der Waals surface area contributed by atoms with Crippen LogP contribution in [0.2, 0.25) is 0 Å². The molecular weight excluding hydrogens is 412 g/mol. The Morgan fingerprint density at radius 2 is 1.41 bits per heavy atom. The molecular formula is C24H22N2O6. The number of Topliss-reactive ketones (excluding diaryl/α,β-unsaturated/α-hetero) is 1. The van der Waals surface area contributed by atoms with E-state index in [0.717, 1.165) is 17.7 Å². The van der Waals surface area contributed by atoms with Crippen molar-refractivity contribution in [2.24, 2.45) is 0 Å². The van der Waals surface area contributed by atoms with Crippen LogP contribution in [-0.4, -0.2) is 47.5 Å². The van der Waals surface area contributed by atoms with Crippen LogP contribution in [-0.2, 0) is 25.7 Å². The van der Waals surface area contributed by atoms with Crippen LogP contribution >= 0.6 is 0 Å². The van der Waals surface area contributed by atoms with E-state index in [1.165, 1.54) is 17.0 Å². The lowest BCUT2D eigenvalue weighted by Crippen LogP contribution is -2.28. The summed E-state index contributed by atoms with van der Waals surface area (Å²) in [5, 5.41) is 0. The number of benzene rings is 2. The molecule has 2 aliphatic rings. The van der Waals surface area contributed by atoms with Crippen molar-refractivity contribution < 1.29 is 28.7 Å². The van der Waals surface area contributed by atoms with Gasteiger partial charge in [-0.05, 0) is 48.4 Å². The van der Waals surface area contributed by atoms with Crippen molar-refractivity contribution in [3.8, 4) is 0 Å². The summed E-state index contributed by atoms with van der Waals surface area (Å²) in [6.07, 6.45) is 1.82. The van der Waals surface area contributed by atoms with Gasteiger partial charge in [0.15, 0.2) is 12.4 Å². The summed E-state index contributed by atoms with van der Waals surface area (Å²) in [5.74, 6) is -1.31. The number of esters is 1. The number of carbonyl (C=O) groups is 5. The number of carbonyl (C=O) groups excluding carboxylic acids is 5. The van der Waals surface area contributed by atoms with Crippen LogP contribution in [0.4, 0.5) is 5.69 Å². The minimum absolute atomic E-state index is 0.0719. The predicted molar refractivity (Wildman–Crippen MR) is 114 cm³/mol. The van der Waals surface area contributed by atoms with Gasteiger partial charge in [0.25, 0.3) is 0 Å². The van der Waals surface area contributed by atoms with Crippen molar-refractivity contribution in [2.75, 3.05) is 18.1 Å². The van der Waals surface area contributed by atoms with Gasteiger partial charge >= 0.3 is 5.97 Å². The van der Waals surface area contributed by atoms with E-state index in [0.29, 0.717) is 18.5 Å². The topological polar surface area (TPSA) is 101 Å². The molecule has 0 N–H and O–H groups in total. The Morgan fingerprint density at radius 3 is 2.00 bits per heavy atom. The molecule has 2 aliphatic heterocycles. The maximum Gasteiger partial charge on any atom is 0.338 e. The monoisotopic (exact) mass is 434 g/mol. The SMILES string of the molecule is O=C(COC(=O)c1ccc(CN2C(=O)CCC2=O)cc1)c1ccc(N2CCCC2=O)cc1. The molecule has 0 saturated carbocycles. The van der Waals surface area contributed by atoms with Crippen LogP contribution < -0.4 is 4.90 Å². The van der Waals surface area contributed by atoms with Gasteiger partial charge in [-0.15, -0.1) is 0 Å². The Kier molecular flexibility index (Phi) is 6.11. The van der Waals surface area contributed by atoms with E-state index < -0.39 is 12.6 Å². The molecule has 2 saturated heterocycles. The second-order valence-corrected chi connectivity index (χ2v) is 7.77. The third-order valence-electron chi connectivity index (χ3n) is 5.59. The number of hydrogen-bond donors (Lipinski definition) is 0. The predicted octanol–water partition coefficient (Wildman–Crippen LogP) is 2.50. The van der Waals surface area contributed by atoms with Crippen LogP contribution in [0.1, 0.15) is 52.0 Å². The smallest absolute Gasteiger partial charge is 0.338 e. The molecule has 8 heteroatoms. The van der Waals surface area contributed by atoms with Crippen LogP contribution in [0.15, 0.2) is 48.5 Å². The molecule has 32 heavy (non-hydrogen) atoms. The maximum atomic E-state index is 12.4. The lowest BCUT2D eigenvalue weighted by atomic mass is 10.1. The van der Waals surface area contributed by atoms with E-state index >= 15 is 0 Å². The molecule has 2 aromatic rings. The molecule has 0 aromatic heterocycles. The van der Waals surface area contributed by atoms with Crippen molar-refractivity contribution in [3.05, 3.63) is 65.2 Å². The van der Waals surface area contributed by atoms with E-state index in [9.17, 15) is 24.0 Å². The first-order chi connectivity index (χ1) is 15.4. The van der Waals surface area contributed by atoms with Crippen LogP contribution in [0.25, 0.3) is 0 Å². The molecule has 0 atom stereocenters. The Morgan fingerprint density at radius 1 is 0.781 bits per heavy atom. The highest BCUT2D eigenvalue weighted by molar-refractivity contribution is 6.02. The highest BCUT2D eigenvalue weighted by atomic mass is 16.5. The molecule has 2 heterocycles. The van der Waals surface area contributed by atoms with E-state index in [-0.39, 0.29) is 48.5 Å². The Bertz CT molecular complexity index is 1060. The summed E-state index contributed by atoms with van der Waals surface area (Å²) in [6, 6.07) is 13.0. The molecule has 4 rings (SSSR count). The molecule has 8 nitrogen and oxygen atoms in total. The number of ketones is 1. The second kappa shape index (κ2) is 9.13. The van der Waals surface area contributed by atoms with Crippen molar-refractivity contribution in [1.82, 2.24) is 4.90 Å². The Hall–Kier alpha value is -3.81. The summed E-state index contributed by atoms with van der Waals surface area (Å²) in [4.78, 5) is 62.8. The largest absolute Gasteiger partial charge is 0.454 e. The van der Waals surface area contributed by atoms with Crippen molar-refractivity contribution in [2.45, 2.75) is 32.2 Å². The fourth-order valence-corrected chi connectivity index (χ4v) is 3.77. The number of hydrogen-bond acceptors (Lipinski definition) is 6. The van der Waals surface area contributed by atoms with Crippen molar-refractivity contribution in [3.63, 3.8) is 0 Å². The first-order valence-corrected chi connectivity index (χ1v) is 10.5. The normalized spacial score (nSPS) is 16.1. The van der Waals surface area contributed by atoms with Gasteiger partial charge in [-0.3, -0.25) is 24.1 Å². The number of amides is 3. The van der Waals surface area contributed by atoms with Gasteiger partial charge in [-0.1, -0.05) is 12.1 Å². The molecule has 2 aromatic carbocycles. The molecule has 164 valence electrons. The summed E-state index contributed by atoms with van der Waals surface area (Å²) < 4.78 is 5.13. The van der Waals surface area contributed by atoms with Crippen LogP contribution in [0.5, 0.6) is 0 Å². The zero-order chi connectivity index (χ0) is 22.7. The third-order valence-corrected chi connectivity index (χ3v) is 5.59. The molecule has 0 spiro atoms. The fraction of sp³-hybridized carbons (Fsp3) is 0.292. The lowest BCUT2D eigenvalue weighted by molar-refractivity contribution is -0.139. The van der Waals surface area contributed by atoms with Gasteiger partial charge in [-0.2, -0.15) is 0 Å². The fourth-order valence-electron chi connectivity index (χ4n) is 3.77. The average molecular weight is 434 g/mol. The minimum Gasteiger partial charge on any atom is -0.454 e. The number of anilines is 1. The number of likely N-dealkylation sites (tertiary alicyclic amines) is 1. The van der Waals surface area contributed by atoms with E-state index in [1.807, 2.05) is 0 Å². The van der Waals surface area contributed by atoms with E-state index in [4.69, 9.17) is 4.74 Å². The third kappa shape index (κ3) is 4.59. The zero-order valence-corrected chi connectivity index (χ0v) is 17.4. The number of nitrogens with zero attached hydrogens (tertiary/aromatic N) is 2. The standard InChI is InChI=1S/C24H22N2O6/c27-20(17-7-9-19(10-8-17)25-13-1-2-21(25)28)15-32-24(31)18-5-3-16(4-6-18)14-26-22(29)11-12-23(26)30/h3-10H,1-2,11-15H2. The van der Waals surface area contributed by atoms with Crippen molar-refractivity contribution >= 4 is 35.2 Å². The van der Waals surface area contributed by atoms with Gasteiger partial charge in [0, 0.05) is 37.1 Å². The number of imide groups is 1. The van der Waals surface area contributed by atoms with Gasteiger partial charge in [0.05, 0.1) is 12.1 Å². The number of ether oxygens (including phenoxy) is 1.